The van der Waals surface area contributed by atoms with E-state index in [0.29, 0.717) is 19.0 Å². The van der Waals surface area contributed by atoms with Gasteiger partial charge >= 0.3 is 0 Å². The molecule has 2 saturated carbocycles. The van der Waals surface area contributed by atoms with Gasteiger partial charge in [0.25, 0.3) is 0 Å². The average Bonchev–Trinajstić information content (AvgIpc) is 3.14. The van der Waals surface area contributed by atoms with E-state index in [1.165, 1.54) is 19.3 Å². The molecule has 98 valence electrons. The lowest BCUT2D eigenvalue weighted by molar-refractivity contribution is -0.121. The highest BCUT2D eigenvalue weighted by molar-refractivity contribution is 5.76. The SMILES string of the molecule is O=C(CCNC1(CO)CCCCC1)NC1CC1. The maximum atomic E-state index is 11.5. The molecule has 0 aromatic rings. The summed E-state index contributed by atoms with van der Waals surface area (Å²) in [4.78, 5) is 11.5. The quantitative estimate of drug-likeness (QED) is 0.647. The summed E-state index contributed by atoms with van der Waals surface area (Å²) in [5.41, 5.74) is -0.113. The Kier molecular flexibility index (Phi) is 4.40. The van der Waals surface area contributed by atoms with Gasteiger partial charge in [-0.3, -0.25) is 4.79 Å². The molecule has 2 fully saturated rings. The molecule has 0 bridgehead atoms. The van der Waals surface area contributed by atoms with E-state index in [0.717, 1.165) is 25.7 Å². The lowest BCUT2D eigenvalue weighted by Gasteiger charge is -2.36. The van der Waals surface area contributed by atoms with Crippen molar-refractivity contribution in [3.05, 3.63) is 0 Å². The van der Waals surface area contributed by atoms with Crippen molar-refractivity contribution in [2.45, 2.75) is 62.9 Å². The standard InChI is InChI=1S/C13H24N2O2/c16-10-13(7-2-1-3-8-13)14-9-6-12(17)15-11-4-5-11/h11,14,16H,1-10H2,(H,15,17). The van der Waals surface area contributed by atoms with Crippen molar-refractivity contribution in [2.75, 3.05) is 13.2 Å². The third-order valence-corrected chi connectivity index (χ3v) is 3.91. The molecule has 0 aromatic carbocycles. The molecule has 0 atom stereocenters. The first-order chi connectivity index (χ1) is 8.24. The largest absolute Gasteiger partial charge is 0.394 e. The van der Waals surface area contributed by atoms with Crippen LogP contribution in [0.2, 0.25) is 0 Å². The highest BCUT2D eigenvalue weighted by Crippen LogP contribution is 2.27. The minimum absolute atomic E-state index is 0.113. The third-order valence-electron chi connectivity index (χ3n) is 3.91. The second-order valence-electron chi connectivity index (χ2n) is 5.52. The second kappa shape index (κ2) is 5.83. The molecule has 3 N–H and O–H groups in total. The molecule has 2 rings (SSSR count). The zero-order valence-electron chi connectivity index (χ0n) is 10.5. The van der Waals surface area contributed by atoms with E-state index in [9.17, 15) is 9.90 Å². The monoisotopic (exact) mass is 240 g/mol. The normalized spacial score (nSPS) is 23.4. The van der Waals surface area contributed by atoms with E-state index < -0.39 is 0 Å². The second-order valence-corrected chi connectivity index (χ2v) is 5.52. The summed E-state index contributed by atoms with van der Waals surface area (Å²) in [7, 11) is 0. The Hall–Kier alpha value is -0.610. The number of nitrogens with one attached hydrogen (secondary N) is 2. The highest BCUT2D eigenvalue weighted by Gasteiger charge is 2.30. The number of hydrogen-bond acceptors (Lipinski definition) is 3. The molecular formula is C13H24N2O2. The summed E-state index contributed by atoms with van der Waals surface area (Å²) in [6, 6.07) is 0.448. The van der Waals surface area contributed by atoms with Gasteiger partial charge in [0, 0.05) is 24.5 Å². The van der Waals surface area contributed by atoms with Gasteiger partial charge in [-0.2, -0.15) is 0 Å². The predicted octanol–water partition coefficient (Wildman–Crippen LogP) is 0.940. The number of carbonyl (C=O) groups is 1. The maximum absolute atomic E-state index is 11.5. The zero-order valence-corrected chi connectivity index (χ0v) is 10.5. The molecule has 1 amide bonds. The predicted molar refractivity (Wildman–Crippen MR) is 66.7 cm³/mol. The van der Waals surface area contributed by atoms with Gasteiger partial charge in [-0.05, 0) is 25.7 Å². The van der Waals surface area contributed by atoms with Gasteiger partial charge in [0.05, 0.1) is 6.61 Å². The maximum Gasteiger partial charge on any atom is 0.221 e. The molecule has 0 spiro atoms. The topological polar surface area (TPSA) is 61.4 Å². The number of rotatable bonds is 6. The van der Waals surface area contributed by atoms with Crippen molar-refractivity contribution >= 4 is 5.91 Å². The number of amides is 1. The van der Waals surface area contributed by atoms with E-state index in [1.807, 2.05) is 0 Å². The van der Waals surface area contributed by atoms with Gasteiger partial charge in [0.2, 0.25) is 5.91 Å². The van der Waals surface area contributed by atoms with Crippen LogP contribution in [0.15, 0.2) is 0 Å². The Morgan fingerprint density at radius 3 is 2.53 bits per heavy atom. The molecule has 0 saturated heterocycles. The van der Waals surface area contributed by atoms with E-state index in [4.69, 9.17) is 0 Å². The smallest absolute Gasteiger partial charge is 0.221 e. The van der Waals surface area contributed by atoms with Crippen LogP contribution in [-0.4, -0.2) is 35.7 Å². The molecule has 0 radical (unpaired) electrons. The summed E-state index contributed by atoms with van der Waals surface area (Å²) >= 11 is 0. The number of aliphatic hydroxyl groups is 1. The van der Waals surface area contributed by atoms with Crippen LogP contribution in [0, 0.1) is 0 Å². The first-order valence-electron chi connectivity index (χ1n) is 6.89. The Bertz CT molecular complexity index is 258. The summed E-state index contributed by atoms with van der Waals surface area (Å²) in [5.74, 6) is 0.142. The highest BCUT2D eigenvalue weighted by atomic mass is 16.3. The number of carbonyl (C=O) groups excluding carboxylic acids is 1. The van der Waals surface area contributed by atoms with Gasteiger partial charge in [0.15, 0.2) is 0 Å². The van der Waals surface area contributed by atoms with Crippen LogP contribution in [-0.2, 0) is 4.79 Å². The Morgan fingerprint density at radius 2 is 1.94 bits per heavy atom. The van der Waals surface area contributed by atoms with Crippen molar-refractivity contribution in [3.8, 4) is 0 Å². The fraction of sp³-hybridized carbons (Fsp3) is 0.923. The van der Waals surface area contributed by atoms with Crippen molar-refractivity contribution in [1.82, 2.24) is 10.6 Å². The van der Waals surface area contributed by atoms with Crippen LogP contribution in [0.25, 0.3) is 0 Å². The molecule has 0 heterocycles. The van der Waals surface area contributed by atoms with Gasteiger partial charge in [-0.15, -0.1) is 0 Å². The van der Waals surface area contributed by atoms with Gasteiger partial charge in [-0.25, -0.2) is 0 Å². The first-order valence-corrected chi connectivity index (χ1v) is 6.89. The van der Waals surface area contributed by atoms with Crippen LogP contribution in [0.3, 0.4) is 0 Å². The van der Waals surface area contributed by atoms with E-state index in [2.05, 4.69) is 10.6 Å². The summed E-state index contributed by atoms with van der Waals surface area (Å²) in [5, 5.41) is 15.9. The van der Waals surface area contributed by atoms with Crippen molar-refractivity contribution < 1.29 is 9.90 Å². The van der Waals surface area contributed by atoms with Crippen LogP contribution < -0.4 is 10.6 Å². The molecule has 0 aromatic heterocycles. The molecule has 4 nitrogen and oxygen atoms in total. The molecule has 2 aliphatic rings. The lowest BCUT2D eigenvalue weighted by atomic mass is 9.82. The summed E-state index contributed by atoms with van der Waals surface area (Å²) in [6.07, 6.45) is 8.51. The zero-order chi connectivity index (χ0) is 12.1. The minimum Gasteiger partial charge on any atom is -0.394 e. The molecule has 0 unspecified atom stereocenters. The molecule has 2 aliphatic carbocycles. The van der Waals surface area contributed by atoms with Crippen LogP contribution in [0.5, 0.6) is 0 Å². The Balaban J connectivity index is 1.66. The lowest BCUT2D eigenvalue weighted by Crippen LogP contribution is -2.50. The van der Waals surface area contributed by atoms with Crippen molar-refractivity contribution in [2.24, 2.45) is 0 Å². The van der Waals surface area contributed by atoms with E-state index in [1.54, 1.807) is 0 Å². The van der Waals surface area contributed by atoms with Crippen molar-refractivity contribution in [3.63, 3.8) is 0 Å². The Morgan fingerprint density at radius 1 is 1.24 bits per heavy atom. The van der Waals surface area contributed by atoms with Crippen LogP contribution >= 0.6 is 0 Å². The van der Waals surface area contributed by atoms with Crippen LogP contribution in [0.4, 0.5) is 0 Å². The van der Waals surface area contributed by atoms with E-state index >= 15 is 0 Å². The Labute approximate surface area is 103 Å². The number of hydrogen-bond donors (Lipinski definition) is 3. The fourth-order valence-electron chi connectivity index (χ4n) is 2.59. The van der Waals surface area contributed by atoms with Gasteiger partial charge in [-0.1, -0.05) is 19.3 Å². The number of aliphatic hydroxyl groups excluding tert-OH is 1. The first kappa shape index (κ1) is 12.8. The van der Waals surface area contributed by atoms with Crippen LogP contribution in [0.1, 0.15) is 51.4 Å². The van der Waals surface area contributed by atoms with Gasteiger partial charge in [0.1, 0.15) is 0 Å². The average molecular weight is 240 g/mol. The van der Waals surface area contributed by atoms with Gasteiger partial charge < -0.3 is 15.7 Å². The minimum atomic E-state index is -0.113. The molecule has 4 heteroatoms. The molecule has 17 heavy (non-hydrogen) atoms. The molecular weight excluding hydrogens is 216 g/mol. The summed E-state index contributed by atoms with van der Waals surface area (Å²) in [6.45, 7) is 0.871. The molecule has 0 aliphatic heterocycles. The van der Waals surface area contributed by atoms with Crippen molar-refractivity contribution in [1.29, 1.82) is 0 Å². The van der Waals surface area contributed by atoms with E-state index in [-0.39, 0.29) is 18.1 Å². The summed E-state index contributed by atoms with van der Waals surface area (Å²) < 4.78 is 0. The fourth-order valence-corrected chi connectivity index (χ4v) is 2.59. The third kappa shape index (κ3) is 3.96.